The van der Waals surface area contributed by atoms with Gasteiger partial charge in [0.25, 0.3) is 0 Å². The van der Waals surface area contributed by atoms with E-state index in [1.54, 1.807) is 27.7 Å². The first-order chi connectivity index (χ1) is 12.3. The van der Waals surface area contributed by atoms with Crippen LogP contribution in [0.2, 0.25) is 0 Å². The molecule has 0 unspecified atom stereocenters. The van der Waals surface area contributed by atoms with Gasteiger partial charge in [0.05, 0.1) is 11.1 Å². The van der Waals surface area contributed by atoms with Crippen molar-refractivity contribution in [1.29, 1.82) is 0 Å². The fraction of sp³-hybridized carbons (Fsp3) is 0.400. The van der Waals surface area contributed by atoms with Crippen molar-refractivity contribution in [2.24, 2.45) is 0 Å². The Kier molecular flexibility index (Phi) is 5.82. The van der Waals surface area contributed by atoms with Gasteiger partial charge in [-0.2, -0.15) is 26.3 Å². The SMILES string of the molecule is CC(C)c1ccc(Oc2ccc(C(C)C)cc2C(F)(F)F)c(C(F)(F)F)c1. The quantitative estimate of drug-likeness (QED) is 0.485. The number of alkyl halides is 6. The van der Waals surface area contributed by atoms with Crippen LogP contribution in [0.3, 0.4) is 0 Å². The minimum atomic E-state index is -4.75. The van der Waals surface area contributed by atoms with Crippen LogP contribution in [0.4, 0.5) is 26.3 Å². The number of rotatable bonds is 4. The lowest BCUT2D eigenvalue weighted by Crippen LogP contribution is -2.11. The van der Waals surface area contributed by atoms with E-state index < -0.39 is 35.0 Å². The van der Waals surface area contributed by atoms with E-state index in [4.69, 9.17) is 4.74 Å². The fourth-order valence-corrected chi connectivity index (χ4v) is 2.55. The number of hydrogen-bond donors (Lipinski definition) is 0. The zero-order valence-corrected chi connectivity index (χ0v) is 15.3. The molecule has 0 atom stereocenters. The van der Waals surface area contributed by atoms with Crippen molar-refractivity contribution in [3.8, 4) is 11.5 Å². The third-order valence-electron chi connectivity index (χ3n) is 4.17. The molecule has 27 heavy (non-hydrogen) atoms. The molecule has 0 N–H and O–H groups in total. The average Bonchev–Trinajstić information content (AvgIpc) is 2.53. The van der Waals surface area contributed by atoms with Gasteiger partial charge in [0, 0.05) is 0 Å². The van der Waals surface area contributed by atoms with Gasteiger partial charge in [-0.1, -0.05) is 39.8 Å². The summed E-state index contributed by atoms with van der Waals surface area (Å²) < 4.78 is 85.5. The topological polar surface area (TPSA) is 9.23 Å². The molecule has 0 fully saturated rings. The molecule has 2 aromatic rings. The van der Waals surface area contributed by atoms with Crippen molar-refractivity contribution in [3.63, 3.8) is 0 Å². The van der Waals surface area contributed by atoms with E-state index in [2.05, 4.69) is 0 Å². The van der Waals surface area contributed by atoms with Gasteiger partial charge in [-0.15, -0.1) is 0 Å². The van der Waals surface area contributed by atoms with E-state index in [0.29, 0.717) is 11.1 Å². The van der Waals surface area contributed by atoms with Gasteiger partial charge >= 0.3 is 12.4 Å². The van der Waals surface area contributed by atoms with E-state index in [1.165, 1.54) is 12.1 Å². The van der Waals surface area contributed by atoms with Gasteiger partial charge in [0.15, 0.2) is 0 Å². The first-order valence-corrected chi connectivity index (χ1v) is 8.40. The Morgan fingerprint density at radius 3 is 1.22 bits per heavy atom. The van der Waals surface area contributed by atoms with Gasteiger partial charge in [-0.05, 0) is 47.2 Å². The highest BCUT2D eigenvalue weighted by atomic mass is 19.4. The van der Waals surface area contributed by atoms with Crippen molar-refractivity contribution in [2.75, 3.05) is 0 Å². The molecule has 0 bridgehead atoms. The summed E-state index contributed by atoms with van der Waals surface area (Å²) in [5.74, 6) is -1.66. The Bertz CT molecular complexity index is 736. The molecule has 0 aliphatic heterocycles. The first kappa shape index (κ1) is 21.1. The maximum absolute atomic E-state index is 13.4. The van der Waals surface area contributed by atoms with Gasteiger partial charge in [0.2, 0.25) is 0 Å². The summed E-state index contributed by atoms with van der Waals surface area (Å²) in [6.07, 6.45) is -9.51. The molecule has 2 aromatic carbocycles. The highest BCUT2D eigenvalue weighted by Crippen LogP contribution is 2.43. The van der Waals surface area contributed by atoms with Crippen LogP contribution >= 0.6 is 0 Å². The Balaban J connectivity index is 2.57. The summed E-state index contributed by atoms with van der Waals surface area (Å²) in [5.41, 5.74) is -1.37. The summed E-state index contributed by atoms with van der Waals surface area (Å²) in [6.45, 7) is 6.90. The van der Waals surface area contributed by atoms with Crippen molar-refractivity contribution < 1.29 is 31.1 Å². The van der Waals surface area contributed by atoms with Gasteiger partial charge in [0.1, 0.15) is 11.5 Å². The molecule has 0 aromatic heterocycles. The summed E-state index contributed by atoms with van der Waals surface area (Å²) in [6, 6.07) is 6.80. The zero-order valence-electron chi connectivity index (χ0n) is 15.3. The molecule has 0 heterocycles. The molecule has 0 aliphatic carbocycles. The normalized spacial score (nSPS) is 12.7. The number of ether oxygens (including phenoxy) is 1. The van der Waals surface area contributed by atoms with E-state index >= 15 is 0 Å². The van der Waals surface area contributed by atoms with Crippen LogP contribution in [-0.4, -0.2) is 0 Å². The minimum absolute atomic E-state index is 0.170. The van der Waals surface area contributed by atoms with Gasteiger partial charge in [-0.25, -0.2) is 0 Å². The maximum Gasteiger partial charge on any atom is 0.419 e. The van der Waals surface area contributed by atoms with E-state index in [1.807, 2.05) is 0 Å². The molecular formula is C20H20F6O. The summed E-state index contributed by atoms with van der Waals surface area (Å²) in [7, 11) is 0. The second-order valence-electron chi connectivity index (χ2n) is 6.92. The second-order valence-corrected chi connectivity index (χ2v) is 6.92. The van der Waals surface area contributed by atoms with Crippen molar-refractivity contribution >= 4 is 0 Å². The Hall–Kier alpha value is -2.18. The Morgan fingerprint density at radius 1 is 0.630 bits per heavy atom. The van der Waals surface area contributed by atoms with Crippen LogP contribution in [-0.2, 0) is 12.4 Å². The van der Waals surface area contributed by atoms with Crippen molar-refractivity contribution in [3.05, 3.63) is 58.7 Å². The standard InChI is InChI=1S/C20H20F6O/c1-11(2)13-5-7-17(15(9-13)19(21,22)23)27-18-8-6-14(12(3)4)10-16(18)20(24,25)26/h5-12H,1-4H3. The fourth-order valence-electron chi connectivity index (χ4n) is 2.55. The predicted molar refractivity (Wildman–Crippen MR) is 91.1 cm³/mol. The monoisotopic (exact) mass is 390 g/mol. The third-order valence-corrected chi connectivity index (χ3v) is 4.17. The van der Waals surface area contributed by atoms with Crippen LogP contribution < -0.4 is 4.74 Å². The van der Waals surface area contributed by atoms with Crippen LogP contribution in [0.5, 0.6) is 11.5 Å². The average molecular weight is 390 g/mol. The molecule has 7 heteroatoms. The highest BCUT2D eigenvalue weighted by molar-refractivity contribution is 5.47. The maximum atomic E-state index is 13.4. The molecule has 0 spiro atoms. The molecule has 148 valence electrons. The van der Waals surface area contributed by atoms with Crippen molar-refractivity contribution in [1.82, 2.24) is 0 Å². The van der Waals surface area contributed by atoms with Gasteiger partial charge in [-0.3, -0.25) is 0 Å². The molecule has 0 saturated carbocycles. The van der Waals surface area contributed by atoms with Crippen LogP contribution in [0.1, 0.15) is 61.8 Å². The molecule has 0 saturated heterocycles. The summed E-state index contributed by atoms with van der Waals surface area (Å²) >= 11 is 0. The van der Waals surface area contributed by atoms with Crippen LogP contribution in [0, 0.1) is 0 Å². The zero-order chi connectivity index (χ0) is 20.6. The highest BCUT2D eigenvalue weighted by Gasteiger charge is 2.38. The molecule has 0 amide bonds. The lowest BCUT2D eigenvalue weighted by atomic mass is 9.99. The van der Waals surface area contributed by atoms with Crippen molar-refractivity contribution in [2.45, 2.75) is 51.9 Å². The summed E-state index contributed by atoms with van der Waals surface area (Å²) in [4.78, 5) is 0. The van der Waals surface area contributed by atoms with Gasteiger partial charge < -0.3 is 4.74 Å². The largest absolute Gasteiger partial charge is 0.456 e. The van der Waals surface area contributed by atoms with Crippen LogP contribution in [0.15, 0.2) is 36.4 Å². The summed E-state index contributed by atoms with van der Waals surface area (Å²) in [5, 5.41) is 0. The number of hydrogen-bond acceptors (Lipinski definition) is 1. The lowest BCUT2D eigenvalue weighted by molar-refractivity contribution is -0.139. The smallest absolute Gasteiger partial charge is 0.419 e. The molecular weight excluding hydrogens is 370 g/mol. The number of halogens is 6. The first-order valence-electron chi connectivity index (χ1n) is 8.40. The third kappa shape index (κ3) is 4.96. The van der Waals surface area contributed by atoms with E-state index in [-0.39, 0.29) is 11.8 Å². The van der Waals surface area contributed by atoms with Crippen LogP contribution in [0.25, 0.3) is 0 Å². The Labute approximate surface area is 154 Å². The number of benzene rings is 2. The predicted octanol–water partition coefficient (Wildman–Crippen LogP) is 7.76. The Morgan fingerprint density at radius 2 is 0.963 bits per heavy atom. The lowest BCUT2D eigenvalue weighted by Gasteiger charge is -2.19. The van der Waals surface area contributed by atoms with E-state index in [0.717, 1.165) is 24.3 Å². The molecule has 1 nitrogen and oxygen atoms in total. The second kappa shape index (κ2) is 7.44. The molecule has 2 rings (SSSR count). The molecule has 0 aliphatic rings. The van der Waals surface area contributed by atoms with E-state index in [9.17, 15) is 26.3 Å². The molecule has 0 radical (unpaired) electrons. The minimum Gasteiger partial charge on any atom is -0.456 e.